The molecule has 3 nitrogen and oxygen atoms in total. The van der Waals surface area contributed by atoms with Crippen LogP contribution < -0.4 is 5.46 Å². The zero-order valence-corrected chi connectivity index (χ0v) is 15.7. The average Bonchev–Trinajstić information content (AvgIpc) is 3.26. The summed E-state index contributed by atoms with van der Waals surface area (Å²) in [5.41, 5.74) is 1.94. The van der Waals surface area contributed by atoms with Crippen molar-refractivity contribution in [3.8, 4) is 0 Å². The number of nitrogens with zero attached hydrogens (tertiary/aromatic N) is 1. The third kappa shape index (κ3) is 7.25. The number of benzene rings is 1. The second kappa shape index (κ2) is 8.04. The molecule has 1 saturated carbocycles. The third-order valence-electron chi connectivity index (χ3n) is 4.13. The number of ether oxygens (including phenoxy) is 1. The van der Waals surface area contributed by atoms with Gasteiger partial charge in [0.25, 0.3) is 0 Å². The van der Waals surface area contributed by atoms with E-state index in [0.717, 1.165) is 24.5 Å². The maximum absolute atomic E-state index is 12.4. The molecule has 1 aromatic carbocycles. The van der Waals surface area contributed by atoms with Crippen molar-refractivity contribution in [1.29, 1.82) is 0 Å². The molecular weight excluding hydrogens is 301 g/mol. The third-order valence-corrected chi connectivity index (χ3v) is 5.84. The molecule has 1 aliphatic carbocycles. The summed E-state index contributed by atoms with van der Waals surface area (Å²) in [6.45, 7) is 8.96. The van der Waals surface area contributed by atoms with Crippen molar-refractivity contribution >= 4 is 27.5 Å². The molecule has 1 aromatic rings. The van der Waals surface area contributed by atoms with Gasteiger partial charge in [0.05, 0.1) is 6.61 Å². The summed E-state index contributed by atoms with van der Waals surface area (Å²) in [5.74, 6) is 0.667. The molecule has 0 unspecified atom stereocenters. The van der Waals surface area contributed by atoms with E-state index >= 15 is 0 Å². The van der Waals surface area contributed by atoms with E-state index in [-0.39, 0.29) is 6.09 Å². The Morgan fingerprint density at radius 3 is 2.70 bits per heavy atom. The first-order valence-electron chi connectivity index (χ1n) is 8.59. The lowest BCUT2D eigenvalue weighted by atomic mass is 9.94. The van der Waals surface area contributed by atoms with E-state index in [1.54, 1.807) is 0 Å². The highest BCUT2D eigenvalue weighted by molar-refractivity contribution is 6.76. The smallest absolute Gasteiger partial charge is 0.409 e. The highest BCUT2D eigenvalue weighted by Crippen LogP contribution is 2.30. The van der Waals surface area contributed by atoms with Gasteiger partial charge in [-0.2, -0.15) is 0 Å². The molecule has 23 heavy (non-hydrogen) atoms. The van der Waals surface area contributed by atoms with E-state index in [1.165, 1.54) is 18.4 Å². The maximum atomic E-state index is 12.4. The molecule has 0 N–H and O–H groups in total. The van der Waals surface area contributed by atoms with Gasteiger partial charge in [0.2, 0.25) is 0 Å². The van der Waals surface area contributed by atoms with Gasteiger partial charge in [0.1, 0.15) is 7.85 Å². The van der Waals surface area contributed by atoms with Gasteiger partial charge in [-0.05, 0) is 36.8 Å². The lowest BCUT2D eigenvalue weighted by molar-refractivity contribution is 0.105. The highest BCUT2D eigenvalue weighted by atomic mass is 28.3. The van der Waals surface area contributed by atoms with E-state index < -0.39 is 8.07 Å². The van der Waals surface area contributed by atoms with Crippen molar-refractivity contribution in [3.05, 3.63) is 29.8 Å². The molecule has 0 saturated heterocycles. The van der Waals surface area contributed by atoms with Gasteiger partial charge in [-0.15, -0.1) is 0 Å². The summed E-state index contributed by atoms with van der Waals surface area (Å²) in [7, 11) is 4.65. The molecule has 1 amide bonds. The summed E-state index contributed by atoms with van der Waals surface area (Å²) in [4.78, 5) is 14.3. The normalized spacial score (nSPS) is 14.6. The van der Waals surface area contributed by atoms with Crippen molar-refractivity contribution in [2.45, 2.75) is 44.9 Å². The number of amides is 1. The number of carbonyl (C=O) groups is 1. The van der Waals surface area contributed by atoms with Crippen LogP contribution in [-0.2, 0) is 11.2 Å². The Labute approximate surface area is 142 Å². The molecule has 0 atom stereocenters. The van der Waals surface area contributed by atoms with Crippen molar-refractivity contribution in [2.24, 2.45) is 5.92 Å². The van der Waals surface area contributed by atoms with Crippen LogP contribution in [0.25, 0.3) is 0 Å². The monoisotopic (exact) mass is 329 g/mol. The first-order valence-corrected chi connectivity index (χ1v) is 12.3. The van der Waals surface area contributed by atoms with Crippen LogP contribution in [0, 0.1) is 5.92 Å². The molecule has 2 rings (SSSR count). The minimum absolute atomic E-state index is 0.154. The molecular formula is C18H28BNO2Si. The van der Waals surface area contributed by atoms with Gasteiger partial charge in [-0.1, -0.05) is 49.4 Å². The van der Waals surface area contributed by atoms with Crippen LogP contribution in [0.2, 0.25) is 25.7 Å². The fourth-order valence-corrected chi connectivity index (χ4v) is 3.13. The van der Waals surface area contributed by atoms with Gasteiger partial charge >= 0.3 is 6.09 Å². The second-order valence-electron chi connectivity index (χ2n) is 7.81. The second-order valence-corrected chi connectivity index (χ2v) is 13.4. The fraction of sp³-hybridized carbons (Fsp3) is 0.611. The van der Waals surface area contributed by atoms with Gasteiger partial charge in [0.15, 0.2) is 0 Å². The maximum Gasteiger partial charge on any atom is 0.409 e. The Kier molecular flexibility index (Phi) is 6.34. The van der Waals surface area contributed by atoms with E-state index in [2.05, 4.69) is 25.7 Å². The summed E-state index contributed by atoms with van der Waals surface area (Å²) >= 11 is 0. The standard InChI is InChI=1S/C18H28BNO2Si/c1-23(2,3)12-11-22-18(21)20(14-16-7-8-16)10-9-15-5-4-6-17(19)13-15/h4-6,13,16H,7-12,14H2,1-3H3. The minimum atomic E-state index is -1.17. The number of rotatable bonds is 8. The van der Waals surface area contributed by atoms with Crippen LogP contribution in [0.15, 0.2) is 24.3 Å². The molecule has 2 radical (unpaired) electrons. The van der Waals surface area contributed by atoms with Crippen molar-refractivity contribution in [2.75, 3.05) is 19.7 Å². The summed E-state index contributed by atoms with van der Waals surface area (Å²) < 4.78 is 5.52. The highest BCUT2D eigenvalue weighted by Gasteiger charge is 2.27. The molecule has 0 bridgehead atoms. The number of hydrogen-bond donors (Lipinski definition) is 0. The van der Waals surface area contributed by atoms with Gasteiger partial charge in [-0.25, -0.2) is 4.79 Å². The van der Waals surface area contributed by atoms with Crippen molar-refractivity contribution in [3.63, 3.8) is 0 Å². The summed E-state index contributed by atoms with van der Waals surface area (Å²) in [5, 5.41) is 0. The van der Waals surface area contributed by atoms with Crippen LogP contribution in [-0.4, -0.2) is 46.6 Å². The molecule has 1 aliphatic rings. The van der Waals surface area contributed by atoms with Crippen LogP contribution in [0.3, 0.4) is 0 Å². The number of hydrogen-bond acceptors (Lipinski definition) is 2. The van der Waals surface area contributed by atoms with Crippen molar-refractivity contribution in [1.82, 2.24) is 4.90 Å². The zero-order chi connectivity index (χ0) is 16.9. The van der Waals surface area contributed by atoms with Crippen LogP contribution in [0.5, 0.6) is 0 Å². The first kappa shape index (κ1) is 18.1. The van der Waals surface area contributed by atoms with Crippen LogP contribution in [0.4, 0.5) is 4.79 Å². The van der Waals surface area contributed by atoms with Gasteiger partial charge in [0, 0.05) is 21.2 Å². The zero-order valence-electron chi connectivity index (χ0n) is 14.7. The molecule has 0 aromatic heterocycles. The Hall–Kier alpha value is -1.23. The topological polar surface area (TPSA) is 29.5 Å². The minimum Gasteiger partial charge on any atom is -0.450 e. The van der Waals surface area contributed by atoms with Crippen molar-refractivity contribution < 1.29 is 9.53 Å². The van der Waals surface area contributed by atoms with Crippen LogP contribution >= 0.6 is 0 Å². The van der Waals surface area contributed by atoms with E-state index in [4.69, 9.17) is 12.6 Å². The van der Waals surface area contributed by atoms with Gasteiger partial charge < -0.3 is 9.64 Å². The molecule has 1 fully saturated rings. The molecule has 124 valence electrons. The first-order chi connectivity index (χ1) is 10.8. The lowest BCUT2D eigenvalue weighted by Gasteiger charge is -2.23. The van der Waals surface area contributed by atoms with Gasteiger partial charge in [-0.3, -0.25) is 0 Å². The van der Waals surface area contributed by atoms with E-state index in [1.807, 2.05) is 23.1 Å². The summed E-state index contributed by atoms with van der Waals surface area (Å²) in [6, 6.07) is 8.90. The Bertz CT molecular complexity index is 526. The Morgan fingerprint density at radius 2 is 2.09 bits per heavy atom. The molecule has 0 aliphatic heterocycles. The predicted octanol–water partition coefficient (Wildman–Crippen LogP) is 3.21. The fourth-order valence-electron chi connectivity index (χ4n) is 2.42. The Morgan fingerprint density at radius 1 is 1.35 bits per heavy atom. The summed E-state index contributed by atoms with van der Waals surface area (Å²) in [6.07, 6.45) is 3.13. The molecule has 0 heterocycles. The molecule has 5 heteroatoms. The van der Waals surface area contributed by atoms with E-state index in [0.29, 0.717) is 19.1 Å². The average molecular weight is 329 g/mol. The largest absolute Gasteiger partial charge is 0.450 e. The van der Waals surface area contributed by atoms with E-state index in [9.17, 15) is 4.79 Å². The van der Waals surface area contributed by atoms with Crippen LogP contribution in [0.1, 0.15) is 18.4 Å². The SMILES string of the molecule is [B]c1cccc(CCN(CC2CC2)C(=O)OCC[Si](C)(C)C)c1. The predicted molar refractivity (Wildman–Crippen MR) is 99.3 cm³/mol. The Balaban J connectivity index is 1.84. The quantitative estimate of drug-likeness (QED) is 0.686. The molecule has 0 spiro atoms. The lowest BCUT2D eigenvalue weighted by Crippen LogP contribution is -2.36. The number of carbonyl (C=O) groups excluding carboxylic acids is 1.